The summed E-state index contributed by atoms with van der Waals surface area (Å²) >= 11 is 5.61. The maximum Gasteiger partial charge on any atom is 0.201 e. The number of allylic oxidation sites excluding steroid dienone is 4. The Balaban J connectivity index is -0.000000243. The van der Waals surface area contributed by atoms with Crippen LogP contribution in [0.15, 0.2) is 95.8 Å². The van der Waals surface area contributed by atoms with Crippen molar-refractivity contribution >= 4 is 22.4 Å². The normalized spacial score (nSPS) is 18.9. The topological polar surface area (TPSA) is 27.7 Å². The number of benzene rings is 6. The van der Waals surface area contributed by atoms with Gasteiger partial charge in [0.2, 0.25) is 5.82 Å². The van der Waals surface area contributed by atoms with Crippen LogP contribution in [0.3, 0.4) is 0 Å². The van der Waals surface area contributed by atoms with Crippen LogP contribution in [0.2, 0.25) is 5.02 Å². The van der Waals surface area contributed by atoms with Gasteiger partial charge in [-0.15, -0.1) is 0 Å². The van der Waals surface area contributed by atoms with Gasteiger partial charge in [-0.05, 0) is 226 Å². The summed E-state index contributed by atoms with van der Waals surface area (Å²) in [5.41, 5.74) is 8.90. The quantitative estimate of drug-likeness (QED) is 0.112. The van der Waals surface area contributed by atoms with Gasteiger partial charge in [-0.2, -0.15) is 4.39 Å². The first-order chi connectivity index (χ1) is 42.2. The van der Waals surface area contributed by atoms with Crippen LogP contribution in [0.5, 0.6) is 5.75 Å². The first kappa shape index (κ1) is 109. The van der Waals surface area contributed by atoms with Crippen LogP contribution in [0.1, 0.15) is 218 Å². The van der Waals surface area contributed by atoms with E-state index in [1.54, 1.807) is 68.8 Å². The Labute approximate surface area is 724 Å². The zero-order valence-corrected chi connectivity index (χ0v) is 72.5. The van der Waals surface area contributed by atoms with Crippen molar-refractivity contribution in [2.75, 3.05) is 13.2 Å². The van der Waals surface area contributed by atoms with Crippen LogP contribution in [0.4, 0.5) is 39.5 Å². The van der Waals surface area contributed by atoms with Crippen LogP contribution >= 0.6 is 11.6 Å². The average molecular weight is 1920 g/mol. The van der Waals surface area contributed by atoms with Gasteiger partial charge in [-0.1, -0.05) is 185 Å². The number of ether oxygens (including phenoxy) is 3. The summed E-state index contributed by atoms with van der Waals surface area (Å²) in [6, 6.07) is 21.4. The van der Waals surface area contributed by atoms with E-state index < -0.39 is 40.7 Å². The van der Waals surface area contributed by atoms with Gasteiger partial charge in [-0.25, -0.2) is 35.1 Å². The maximum absolute atomic E-state index is 13.6. The van der Waals surface area contributed by atoms with Gasteiger partial charge in [-0.3, -0.25) is 0 Å². The van der Waals surface area contributed by atoms with Crippen molar-refractivity contribution in [3.8, 4) is 5.75 Å². The molecule has 11 rings (SSSR count). The third-order valence-corrected chi connectivity index (χ3v) is 17.1. The summed E-state index contributed by atoms with van der Waals surface area (Å²) < 4.78 is 133. The predicted molar refractivity (Wildman–Crippen MR) is 383 cm³/mol. The molecule has 3 nitrogen and oxygen atoms in total. The molecule has 5 aliphatic rings. The molecule has 6 aromatic carbocycles. The van der Waals surface area contributed by atoms with Crippen molar-refractivity contribution in [1.82, 2.24) is 0 Å². The molecule has 2 heterocycles. The molecule has 98 heavy (non-hydrogen) atoms. The van der Waals surface area contributed by atoms with Crippen LogP contribution in [0.25, 0.3) is 10.8 Å². The van der Waals surface area contributed by atoms with Crippen molar-refractivity contribution in [2.24, 2.45) is 29.6 Å². The van der Waals surface area contributed by atoms with Crippen molar-refractivity contribution in [1.29, 1.82) is 0 Å². The molecule has 2 fully saturated rings. The van der Waals surface area contributed by atoms with E-state index >= 15 is 0 Å². The Morgan fingerprint density at radius 1 is 0.388 bits per heavy atom. The number of aryl methyl sites for hydroxylation is 10. The smallest absolute Gasteiger partial charge is 0.201 e. The molecule has 0 bridgehead atoms. The van der Waals surface area contributed by atoms with E-state index in [0.717, 1.165) is 66.9 Å². The molecule has 17 heteroatoms. The van der Waals surface area contributed by atoms with E-state index in [2.05, 4.69) is 85.7 Å². The molecule has 546 valence electrons. The van der Waals surface area contributed by atoms with Gasteiger partial charge >= 0.3 is 0 Å². The number of hydrogen-bond donors (Lipinski definition) is 0. The molecular formula is C81H118ClF9Nd4O3. The molecule has 0 radical (unpaired) electrons. The minimum Gasteiger partial charge on any atom is -0.487 e. The standard InChI is InChI=1S/C12H9F3.C11H12F2O.C8H8ClF.C8H8F2.C8H13F.C8H16.C8H14.C8H10.C6H12O2.4CH4.4Nd/c1-6-3-4-8-5-7(2)11(14)12(15)9(8)10(6)13;1-6-5-8-4-3-7(2)14-11(8)10(13)9(6)12;2*1-5-3-4-6(2)8(10)7(5)9;1-6-3-4-7(2)8(9)5-6;3*1-7-3-5-8(2)6-4-7;1-5-3-7-6(2)8-4-5;;;;;;;;/h3-5H,1-2H3;5,7H,3-4H2,1-2H3;2*3-4H,1-2H3;6H,3-5H2,1-2H3;7-8H,3-6H2,1-2H3;3,8H,4-6H2,1-2H3;3-6H,1-2H3;5-6H,3-4H2,1-2H3;4*1H4;;;;. The fourth-order valence-corrected chi connectivity index (χ4v) is 10.1. The molecule has 3 unspecified atom stereocenters. The molecule has 3 aliphatic carbocycles. The number of fused-ring (bicyclic) bond motifs is 2. The van der Waals surface area contributed by atoms with Gasteiger partial charge in [0.1, 0.15) is 11.6 Å². The summed E-state index contributed by atoms with van der Waals surface area (Å²) in [6.07, 6.45) is 16.7. The van der Waals surface area contributed by atoms with Crippen LogP contribution in [0, 0.1) is 302 Å². The Morgan fingerprint density at radius 2 is 0.796 bits per heavy atom. The average Bonchev–Trinajstić information content (AvgIpc) is 0.791. The molecule has 0 spiro atoms. The zero-order valence-electron chi connectivity index (χ0n) is 59.0. The van der Waals surface area contributed by atoms with Crippen LogP contribution in [-0.4, -0.2) is 25.6 Å². The van der Waals surface area contributed by atoms with Crippen LogP contribution < -0.4 is 4.74 Å². The molecule has 1 saturated heterocycles. The molecule has 0 N–H and O–H groups in total. The van der Waals surface area contributed by atoms with Crippen molar-refractivity contribution in [3.05, 3.63) is 203 Å². The molecule has 1 saturated carbocycles. The Hall–Kier alpha value is -0.157. The van der Waals surface area contributed by atoms with Gasteiger partial charge in [0.05, 0.1) is 35.6 Å². The first-order valence-electron chi connectivity index (χ1n) is 32.0. The second kappa shape index (κ2) is 56.2. The SMILES string of the molecule is C.C.C.C.CC1=C(F)CC(C)CC1.CC1=CCC(C)CC1.CC1CCC(C)CC1.CC1COC(C)OC1.Cc1cc2c(c(F)c1F)OC(C)CC2.Cc1cc2ccc(C)c(F)c2c(F)c1F.Cc1ccc(C)c(Cl)c1F.Cc1ccc(C)c(F)c1F.Cc1ccc(C)cc1.[Nd].[Nd].[Nd].[Nd]. The van der Waals surface area contributed by atoms with E-state index in [1.807, 2.05) is 20.8 Å². The molecule has 0 aromatic heterocycles. The second-order valence-corrected chi connectivity index (χ2v) is 26.2. The van der Waals surface area contributed by atoms with Crippen molar-refractivity contribution in [2.45, 2.75) is 244 Å². The summed E-state index contributed by atoms with van der Waals surface area (Å²) in [6.45, 7) is 36.2. The first-order valence-corrected chi connectivity index (χ1v) is 32.4. The van der Waals surface area contributed by atoms with Crippen molar-refractivity contribution in [3.63, 3.8) is 0 Å². The second-order valence-electron chi connectivity index (χ2n) is 25.9. The third-order valence-electron chi connectivity index (χ3n) is 16.7. The summed E-state index contributed by atoms with van der Waals surface area (Å²) in [7, 11) is 0. The van der Waals surface area contributed by atoms with Gasteiger partial charge < -0.3 is 14.2 Å². The van der Waals surface area contributed by atoms with E-state index in [4.69, 9.17) is 25.8 Å². The van der Waals surface area contributed by atoms with E-state index in [0.29, 0.717) is 51.5 Å². The largest absolute Gasteiger partial charge is 0.487 e. The monoisotopic (exact) mass is 1910 g/mol. The summed E-state index contributed by atoms with van der Waals surface area (Å²) in [5, 5.41) is 0.354. The van der Waals surface area contributed by atoms with Crippen molar-refractivity contribution < 1.29 is 217 Å². The zero-order chi connectivity index (χ0) is 67.7. The number of halogens is 10. The summed E-state index contributed by atoms with van der Waals surface area (Å²) in [4.78, 5) is 0. The Bertz CT molecular complexity index is 3100. The predicted octanol–water partition coefficient (Wildman–Crippen LogP) is 27.0. The number of hydrogen-bond acceptors (Lipinski definition) is 3. The van der Waals surface area contributed by atoms with Crippen LogP contribution in [-0.2, 0) is 15.9 Å². The summed E-state index contributed by atoms with van der Waals surface area (Å²) in [5.74, 6) is -1.83. The van der Waals surface area contributed by atoms with E-state index in [1.165, 1.54) is 96.3 Å². The third kappa shape index (κ3) is 38.9. The molecule has 2 aliphatic heterocycles. The van der Waals surface area contributed by atoms with Gasteiger partial charge in [0, 0.05) is 176 Å². The minimum atomic E-state index is -1.11. The fraction of sp³-hybridized carbons (Fsp3) is 0.531. The molecule has 0 amide bonds. The maximum atomic E-state index is 13.6. The minimum absolute atomic E-state index is 0. The Morgan fingerprint density at radius 3 is 1.21 bits per heavy atom. The van der Waals surface area contributed by atoms with Gasteiger partial charge in [0.25, 0.3) is 0 Å². The fourth-order valence-electron chi connectivity index (χ4n) is 9.88. The number of rotatable bonds is 0. The Kier molecular flexibility index (Phi) is 62.4. The molecular weight excluding hydrogens is 1800 g/mol. The van der Waals surface area contributed by atoms with E-state index in [-0.39, 0.29) is 239 Å². The molecule has 6 aromatic rings. The molecule has 3 atom stereocenters. The van der Waals surface area contributed by atoms with E-state index in [9.17, 15) is 39.5 Å². The van der Waals surface area contributed by atoms with Gasteiger partial charge in [0.15, 0.2) is 41.1 Å².